The molecule has 102 valence electrons. The molecule has 1 aliphatic carbocycles. The highest BCUT2D eigenvalue weighted by molar-refractivity contribution is 5.20. The molecule has 0 amide bonds. The average Bonchev–Trinajstić information content (AvgIpc) is 2.69. The molecule has 0 bridgehead atoms. The van der Waals surface area contributed by atoms with Gasteiger partial charge in [0, 0.05) is 12.1 Å². The van der Waals surface area contributed by atoms with Crippen LogP contribution in [0.4, 0.5) is 0 Å². The fraction of sp³-hybridized carbons (Fsp3) is 0.733. The lowest BCUT2D eigenvalue weighted by Crippen LogP contribution is -2.21. The monoisotopic (exact) mass is 251 g/mol. The lowest BCUT2D eigenvalue weighted by Gasteiger charge is -2.26. The minimum absolute atomic E-state index is 0.423. The van der Waals surface area contributed by atoms with Crippen molar-refractivity contribution in [3.05, 3.63) is 23.2 Å². The molecule has 0 aromatic carbocycles. The van der Waals surface area contributed by atoms with Crippen LogP contribution < -0.4 is 5.32 Å². The van der Waals surface area contributed by atoms with Crippen LogP contribution in [0.5, 0.6) is 0 Å². The van der Waals surface area contributed by atoms with Crippen molar-refractivity contribution in [3.63, 3.8) is 0 Å². The van der Waals surface area contributed by atoms with E-state index < -0.39 is 0 Å². The first-order valence-electron chi connectivity index (χ1n) is 7.03. The maximum absolute atomic E-state index is 5.97. The van der Waals surface area contributed by atoms with E-state index >= 15 is 0 Å². The Kier molecular flexibility index (Phi) is 4.84. The smallest absolute Gasteiger partial charge is 0.130 e. The highest BCUT2D eigenvalue weighted by atomic mass is 16.5. The molecule has 0 radical (unpaired) electrons. The first-order chi connectivity index (χ1) is 8.69. The summed E-state index contributed by atoms with van der Waals surface area (Å²) in [4.78, 5) is 0. The SMILES string of the molecule is CNCc1cc(COC2CCCC(C)C2)oc1C. The zero-order chi connectivity index (χ0) is 13.0. The van der Waals surface area contributed by atoms with Crippen LogP contribution in [0.2, 0.25) is 0 Å². The van der Waals surface area contributed by atoms with Gasteiger partial charge in [-0.1, -0.05) is 19.8 Å². The summed E-state index contributed by atoms with van der Waals surface area (Å²) in [5.74, 6) is 2.76. The van der Waals surface area contributed by atoms with E-state index in [9.17, 15) is 0 Å². The maximum atomic E-state index is 5.97. The van der Waals surface area contributed by atoms with Gasteiger partial charge in [-0.2, -0.15) is 0 Å². The van der Waals surface area contributed by atoms with Gasteiger partial charge in [-0.25, -0.2) is 0 Å². The Labute approximate surface area is 110 Å². The minimum Gasteiger partial charge on any atom is -0.464 e. The largest absolute Gasteiger partial charge is 0.464 e. The molecule has 18 heavy (non-hydrogen) atoms. The van der Waals surface area contributed by atoms with Crippen molar-refractivity contribution in [1.29, 1.82) is 0 Å². The second-order valence-electron chi connectivity index (χ2n) is 5.53. The Bertz CT molecular complexity index is 373. The van der Waals surface area contributed by atoms with Crippen molar-refractivity contribution in [3.8, 4) is 0 Å². The number of hydrogen-bond acceptors (Lipinski definition) is 3. The molecule has 1 aliphatic rings. The Balaban J connectivity index is 1.84. The van der Waals surface area contributed by atoms with E-state index in [1.165, 1.54) is 31.2 Å². The molecule has 1 heterocycles. The average molecular weight is 251 g/mol. The molecule has 1 aromatic heterocycles. The van der Waals surface area contributed by atoms with Gasteiger partial charge in [-0.3, -0.25) is 0 Å². The van der Waals surface area contributed by atoms with Gasteiger partial charge >= 0.3 is 0 Å². The molecule has 2 unspecified atom stereocenters. The van der Waals surface area contributed by atoms with E-state index in [2.05, 4.69) is 18.3 Å². The van der Waals surface area contributed by atoms with Crippen molar-refractivity contribution < 1.29 is 9.15 Å². The van der Waals surface area contributed by atoms with E-state index in [-0.39, 0.29) is 0 Å². The van der Waals surface area contributed by atoms with Crippen LogP contribution in [0.25, 0.3) is 0 Å². The zero-order valence-corrected chi connectivity index (χ0v) is 11.8. The topological polar surface area (TPSA) is 34.4 Å². The molecule has 1 N–H and O–H groups in total. The van der Waals surface area contributed by atoms with Gasteiger partial charge in [0.2, 0.25) is 0 Å². The molecule has 3 nitrogen and oxygen atoms in total. The number of aryl methyl sites for hydroxylation is 1. The number of hydrogen-bond donors (Lipinski definition) is 1. The number of nitrogens with one attached hydrogen (secondary N) is 1. The highest BCUT2D eigenvalue weighted by Gasteiger charge is 2.19. The van der Waals surface area contributed by atoms with E-state index in [4.69, 9.17) is 9.15 Å². The van der Waals surface area contributed by atoms with Gasteiger partial charge in [0.05, 0.1) is 6.10 Å². The summed E-state index contributed by atoms with van der Waals surface area (Å²) >= 11 is 0. The van der Waals surface area contributed by atoms with Crippen LogP contribution in [0.15, 0.2) is 10.5 Å². The van der Waals surface area contributed by atoms with Gasteiger partial charge in [-0.05, 0) is 38.8 Å². The van der Waals surface area contributed by atoms with Crippen LogP contribution >= 0.6 is 0 Å². The van der Waals surface area contributed by atoms with Crippen LogP contribution in [0.3, 0.4) is 0 Å². The molecule has 0 aliphatic heterocycles. The second-order valence-corrected chi connectivity index (χ2v) is 5.53. The summed E-state index contributed by atoms with van der Waals surface area (Å²) in [6.45, 7) is 5.80. The number of ether oxygens (including phenoxy) is 1. The molecular weight excluding hydrogens is 226 g/mol. The third-order valence-corrected chi connectivity index (χ3v) is 3.79. The van der Waals surface area contributed by atoms with Gasteiger partial charge < -0.3 is 14.5 Å². The molecule has 3 heteroatoms. The Morgan fingerprint density at radius 3 is 3.00 bits per heavy atom. The third kappa shape index (κ3) is 3.59. The molecule has 0 spiro atoms. The molecule has 0 saturated heterocycles. The molecule has 2 atom stereocenters. The van der Waals surface area contributed by atoms with E-state index in [1.54, 1.807) is 0 Å². The fourth-order valence-corrected chi connectivity index (χ4v) is 2.75. The summed E-state index contributed by atoms with van der Waals surface area (Å²) in [6.07, 6.45) is 5.48. The van der Waals surface area contributed by atoms with Crippen molar-refractivity contribution in [2.45, 2.75) is 58.8 Å². The lowest BCUT2D eigenvalue weighted by atomic mass is 9.89. The Morgan fingerprint density at radius 2 is 2.28 bits per heavy atom. The van der Waals surface area contributed by atoms with Crippen LogP contribution in [0, 0.1) is 12.8 Å². The maximum Gasteiger partial charge on any atom is 0.130 e. The lowest BCUT2D eigenvalue weighted by molar-refractivity contribution is -0.00287. The van der Waals surface area contributed by atoms with E-state index in [0.717, 1.165) is 24.0 Å². The molecule has 2 rings (SSSR count). The molecular formula is C15H25NO2. The summed E-state index contributed by atoms with van der Waals surface area (Å²) in [7, 11) is 1.95. The predicted molar refractivity (Wildman–Crippen MR) is 72.4 cm³/mol. The standard InChI is InChI=1S/C15H25NO2/c1-11-5-4-6-14(7-11)17-10-15-8-13(9-16-3)12(2)18-15/h8,11,14,16H,4-7,9-10H2,1-3H3. The van der Waals surface area contributed by atoms with Crippen molar-refractivity contribution in [1.82, 2.24) is 5.32 Å². The summed E-state index contributed by atoms with van der Waals surface area (Å²) in [6, 6.07) is 2.11. The fourth-order valence-electron chi connectivity index (χ4n) is 2.75. The second kappa shape index (κ2) is 6.39. The van der Waals surface area contributed by atoms with Gasteiger partial charge in [0.15, 0.2) is 0 Å². The summed E-state index contributed by atoms with van der Waals surface area (Å²) in [5.41, 5.74) is 1.23. The number of rotatable bonds is 5. The normalized spacial score (nSPS) is 24.4. The number of furan rings is 1. The van der Waals surface area contributed by atoms with Crippen molar-refractivity contribution in [2.24, 2.45) is 5.92 Å². The first kappa shape index (κ1) is 13.6. The van der Waals surface area contributed by atoms with E-state index in [0.29, 0.717) is 12.7 Å². The van der Waals surface area contributed by atoms with Crippen molar-refractivity contribution in [2.75, 3.05) is 7.05 Å². The minimum atomic E-state index is 0.423. The molecule has 1 saturated carbocycles. The summed E-state index contributed by atoms with van der Waals surface area (Å²) < 4.78 is 11.7. The van der Waals surface area contributed by atoms with Crippen LogP contribution in [-0.4, -0.2) is 13.2 Å². The van der Waals surface area contributed by atoms with Gasteiger partial charge in [0.1, 0.15) is 18.1 Å². The highest BCUT2D eigenvalue weighted by Crippen LogP contribution is 2.26. The third-order valence-electron chi connectivity index (χ3n) is 3.79. The molecule has 1 aromatic rings. The summed E-state index contributed by atoms with van der Waals surface area (Å²) in [5, 5.41) is 3.15. The quantitative estimate of drug-likeness (QED) is 0.871. The van der Waals surface area contributed by atoms with Crippen LogP contribution in [-0.2, 0) is 17.9 Å². The van der Waals surface area contributed by atoms with Crippen LogP contribution in [0.1, 0.15) is 49.7 Å². The van der Waals surface area contributed by atoms with Gasteiger partial charge in [-0.15, -0.1) is 0 Å². The predicted octanol–water partition coefficient (Wildman–Crippen LogP) is 3.40. The molecule has 1 fully saturated rings. The van der Waals surface area contributed by atoms with E-state index in [1.807, 2.05) is 14.0 Å². The zero-order valence-electron chi connectivity index (χ0n) is 11.8. The Morgan fingerprint density at radius 1 is 1.44 bits per heavy atom. The Hall–Kier alpha value is -0.800. The van der Waals surface area contributed by atoms with Gasteiger partial charge in [0.25, 0.3) is 0 Å². The van der Waals surface area contributed by atoms with Crippen molar-refractivity contribution >= 4 is 0 Å². The first-order valence-corrected chi connectivity index (χ1v) is 7.03.